The van der Waals surface area contributed by atoms with E-state index < -0.39 is 0 Å². The van der Waals surface area contributed by atoms with Crippen molar-refractivity contribution in [2.24, 2.45) is 0 Å². The predicted octanol–water partition coefficient (Wildman–Crippen LogP) is 3.09. The number of hydrogen-bond acceptors (Lipinski definition) is 0. The fourth-order valence-corrected chi connectivity index (χ4v) is 1.26. The Hall–Kier alpha value is -1.56. The number of allylic oxidation sites excluding steroid dienone is 12. The van der Waals surface area contributed by atoms with Gasteiger partial charge in [-0.3, -0.25) is 0 Å². The number of fused-ring (bicyclic) bond motifs is 1. The molecule has 0 aromatic heterocycles. The van der Waals surface area contributed by atoms with Gasteiger partial charge in [-0.1, -0.05) is 60.8 Å². The molecule has 0 heteroatoms. The van der Waals surface area contributed by atoms with Gasteiger partial charge < -0.3 is 0 Å². The average Bonchev–Trinajstić information content (AvgIpc) is 2.50. The van der Waals surface area contributed by atoms with E-state index in [9.17, 15) is 0 Å². The van der Waals surface area contributed by atoms with Crippen molar-refractivity contribution < 1.29 is 0 Å². The fourth-order valence-electron chi connectivity index (χ4n) is 1.26. The molecule has 0 N–H and O–H groups in total. The van der Waals surface area contributed by atoms with Crippen LogP contribution in [0.15, 0.2) is 71.9 Å². The van der Waals surface area contributed by atoms with Gasteiger partial charge in [-0.2, -0.15) is 0 Å². The second kappa shape index (κ2) is 3.22. The molecular weight excluding hydrogens is 144 g/mol. The smallest absolute Gasteiger partial charge is 0.0184 e. The first-order valence-corrected chi connectivity index (χ1v) is 4.07. The van der Waals surface area contributed by atoms with Crippen LogP contribution in [0.4, 0.5) is 0 Å². The monoisotopic (exact) mass is 154 g/mol. The van der Waals surface area contributed by atoms with Gasteiger partial charge in [0.1, 0.15) is 0 Å². The summed E-state index contributed by atoms with van der Waals surface area (Å²) in [5, 5.41) is 0. The third-order valence-electron chi connectivity index (χ3n) is 1.88. The molecule has 0 heterocycles. The van der Waals surface area contributed by atoms with Gasteiger partial charge >= 0.3 is 0 Å². The molecular formula is C12H10. The topological polar surface area (TPSA) is 0 Å². The van der Waals surface area contributed by atoms with Gasteiger partial charge in [0, 0.05) is 0 Å². The van der Waals surface area contributed by atoms with Crippen molar-refractivity contribution in [2.45, 2.75) is 0 Å². The van der Waals surface area contributed by atoms with Crippen LogP contribution in [-0.2, 0) is 0 Å². The summed E-state index contributed by atoms with van der Waals surface area (Å²) in [7, 11) is 0. The van der Waals surface area contributed by atoms with Gasteiger partial charge in [0.2, 0.25) is 0 Å². The Balaban J connectivity index is 2.40. The standard InChI is InChI=1S/C12H10/c1-2-4-7-11-9-6-10-12(11)8-5-3-1/h1-10H. The van der Waals surface area contributed by atoms with Gasteiger partial charge in [-0.15, -0.1) is 0 Å². The minimum absolute atomic E-state index is 1.28. The van der Waals surface area contributed by atoms with Crippen molar-refractivity contribution in [1.29, 1.82) is 0 Å². The van der Waals surface area contributed by atoms with Gasteiger partial charge in [0.25, 0.3) is 0 Å². The lowest BCUT2D eigenvalue weighted by molar-refractivity contribution is 1.61. The van der Waals surface area contributed by atoms with Gasteiger partial charge in [0.15, 0.2) is 0 Å². The van der Waals surface area contributed by atoms with Crippen molar-refractivity contribution in [3.8, 4) is 0 Å². The lowest BCUT2D eigenvalue weighted by atomic mass is 10.1. The summed E-state index contributed by atoms with van der Waals surface area (Å²) in [6.07, 6.45) is 20.8. The summed E-state index contributed by atoms with van der Waals surface area (Å²) in [4.78, 5) is 0. The minimum Gasteiger partial charge on any atom is -0.0623 e. The van der Waals surface area contributed by atoms with Crippen molar-refractivity contribution in [3.63, 3.8) is 0 Å². The van der Waals surface area contributed by atoms with Crippen LogP contribution in [0.25, 0.3) is 0 Å². The molecule has 0 saturated heterocycles. The fraction of sp³-hybridized carbons (Fsp3) is 0. The van der Waals surface area contributed by atoms with E-state index in [4.69, 9.17) is 0 Å². The Bertz CT molecular complexity index is 342. The minimum atomic E-state index is 1.28. The second-order valence-corrected chi connectivity index (χ2v) is 2.73. The van der Waals surface area contributed by atoms with Crippen molar-refractivity contribution >= 4 is 0 Å². The maximum absolute atomic E-state index is 2.12. The van der Waals surface area contributed by atoms with E-state index in [-0.39, 0.29) is 0 Å². The van der Waals surface area contributed by atoms with Crippen LogP contribution in [0.5, 0.6) is 0 Å². The summed E-state index contributed by atoms with van der Waals surface area (Å²) >= 11 is 0. The first-order valence-electron chi connectivity index (χ1n) is 4.07. The molecule has 0 aliphatic heterocycles. The van der Waals surface area contributed by atoms with E-state index in [1.54, 1.807) is 0 Å². The summed E-state index contributed by atoms with van der Waals surface area (Å²) < 4.78 is 0. The van der Waals surface area contributed by atoms with E-state index in [1.807, 2.05) is 18.2 Å². The molecule has 0 aromatic rings. The molecule has 2 aliphatic rings. The van der Waals surface area contributed by atoms with Gasteiger partial charge in [0.05, 0.1) is 0 Å². The van der Waals surface area contributed by atoms with Gasteiger partial charge in [-0.25, -0.2) is 0 Å². The Morgan fingerprint density at radius 3 is 2.00 bits per heavy atom. The van der Waals surface area contributed by atoms with Crippen molar-refractivity contribution in [2.75, 3.05) is 0 Å². The highest BCUT2D eigenvalue weighted by atomic mass is 14.1. The van der Waals surface area contributed by atoms with Crippen molar-refractivity contribution in [1.82, 2.24) is 0 Å². The van der Waals surface area contributed by atoms with Crippen LogP contribution in [0.1, 0.15) is 0 Å². The summed E-state index contributed by atoms with van der Waals surface area (Å²) in [5.41, 5.74) is 2.57. The molecule has 0 fully saturated rings. The van der Waals surface area contributed by atoms with Crippen LogP contribution in [0.2, 0.25) is 0 Å². The van der Waals surface area contributed by atoms with E-state index in [0.717, 1.165) is 0 Å². The normalized spacial score (nSPS) is 19.3. The number of rotatable bonds is 0. The van der Waals surface area contributed by atoms with E-state index in [1.165, 1.54) is 11.1 Å². The molecule has 2 rings (SSSR count). The zero-order valence-corrected chi connectivity index (χ0v) is 6.77. The lowest BCUT2D eigenvalue weighted by Crippen LogP contribution is -1.75. The quantitative estimate of drug-likeness (QED) is 0.503. The molecule has 0 saturated carbocycles. The SMILES string of the molecule is C1=CC=CC2=CC=CC2=CC=C1. The van der Waals surface area contributed by atoms with Gasteiger partial charge in [-0.05, 0) is 11.1 Å². The van der Waals surface area contributed by atoms with E-state index in [0.29, 0.717) is 0 Å². The molecule has 58 valence electrons. The largest absolute Gasteiger partial charge is 0.0623 e. The van der Waals surface area contributed by atoms with Crippen LogP contribution >= 0.6 is 0 Å². The molecule has 12 heavy (non-hydrogen) atoms. The molecule has 0 aromatic carbocycles. The second-order valence-electron chi connectivity index (χ2n) is 2.73. The molecule has 0 radical (unpaired) electrons. The maximum Gasteiger partial charge on any atom is -0.0184 e. The lowest BCUT2D eigenvalue weighted by Gasteiger charge is -1.94. The van der Waals surface area contributed by atoms with E-state index >= 15 is 0 Å². The zero-order valence-electron chi connectivity index (χ0n) is 6.77. The Labute approximate surface area is 72.6 Å². The molecule has 0 unspecified atom stereocenters. The first-order chi connectivity index (χ1) is 5.97. The first kappa shape index (κ1) is 7.11. The van der Waals surface area contributed by atoms with Crippen LogP contribution in [-0.4, -0.2) is 0 Å². The highest BCUT2D eigenvalue weighted by molar-refractivity contribution is 5.55. The molecule has 0 nitrogen and oxygen atoms in total. The molecule has 0 amide bonds. The summed E-state index contributed by atoms with van der Waals surface area (Å²) in [6, 6.07) is 0. The Morgan fingerprint density at radius 1 is 0.500 bits per heavy atom. The van der Waals surface area contributed by atoms with Crippen LogP contribution < -0.4 is 0 Å². The molecule has 0 spiro atoms. The highest BCUT2D eigenvalue weighted by Gasteiger charge is 2.00. The third kappa shape index (κ3) is 1.37. The van der Waals surface area contributed by atoms with Crippen LogP contribution in [0, 0.1) is 0 Å². The molecule has 0 bridgehead atoms. The molecule has 0 atom stereocenters. The number of hydrogen-bond donors (Lipinski definition) is 0. The summed E-state index contributed by atoms with van der Waals surface area (Å²) in [6.45, 7) is 0. The van der Waals surface area contributed by atoms with E-state index in [2.05, 4.69) is 42.5 Å². The summed E-state index contributed by atoms with van der Waals surface area (Å²) in [5.74, 6) is 0. The molecule has 2 aliphatic carbocycles. The zero-order chi connectivity index (χ0) is 8.23. The van der Waals surface area contributed by atoms with Crippen molar-refractivity contribution in [3.05, 3.63) is 71.9 Å². The third-order valence-corrected chi connectivity index (χ3v) is 1.88. The Morgan fingerprint density at radius 2 is 1.08 bits per heavy atom. The highest BCUT2D eigenvalue weighted by Crippen LogP contribution is 2.19. The Kier molecular flexibility index (Phi) is 1.91. The van der Waals surface area contributed by atoms with Crippen LogP contribution in [0.3, 0.4) is 0 Å². The maximum atomic E-state index is 2.12. The predicted molar refractivity (Wildman–Crippen MR) is 52.7 cm³/mol. The average molecular weight is 154 g/mol.